The highest BCUT2D eigenvalue weighted by molar-refractivity contribution is 6.33. The predicted octanol–water partition coefficient (Wildman–Crippen LogP) is 1.94. The molecule has 1 aliphatic heterocycles. The van der Waals surface area contributed by atoms with E-state index in [9.17, 15) is 13.6 Å². The van der Waals surface area contributed by atoms with Gasteiger partial charge in [-0.25, -0.2) is 8.78 Å². The summed E-state index contributed by atoms with van der Waals surface area (Å²) in [6.07, 6.45) is -0.170. The van der Waals surface area contributed by atoms with Gasteiger partial charge in [-0.3, -0.25) is 4.79 Å². The van der Waals surface area contributed by atoms with Crippen LogP contribution in [0.2, 0.25) is 5.02 Å². The second-order valence-corrected chi connectivity index (χ2v) is 4.60. The highest BCUT2D eigenvalue weighted by atomic mass is 35.5. The van der Waals surface area contributed by atoms with Gasteiger partial charge in [0.05, 0.1) is 29.8 Å². The Kier molecular flexibility index (Phi) is 4.68. The molecule has 1 heterocycles. The molecule has 0 spiro atoms. The van der Waals surface area contributed by atoms with Gasteiger partial charge < -0.3 is 15.4 Å². The largest absolute Gasteiger partial charge is 0.375 e. The molecule has 2 rings (SSSR count). The van der Waals surface area contributed by atoms with E-state index in [1.807, 2.05) is 0 Å². The van der Waals surface area contributed by atoms with Crippen molar-refractivity contribution < 1.29 is 18.3 Å². The molecule has 0 aromatic heterocycles. The highest BCUT2D eigenvalue weighted by Gasteiger charge is 2.19. The molecule has 2 N–H and O–H groups in total. The first-order valence-electron chi connectivity index (χ1n) is 5.83. The Bertz CT molecular complexity index is 456. The van der Waals surface area contributed by atoms with Gasteiger partial charge in [-0.1, -0.05) is 11.6 Å². The number of hydrogen-bond acceptors (Lipinski definition) is 3. The molecule has 0 saturated carbocycles. The maximum Gasteiger partial charge on any atom is 0.227 e. The lowest BCUT2D eigenvalue weighted by molar-refractivity contribution is -0.119. The standard InChI is InChI=1S/C12H13ClF2N2O2/c13-9-3-7(14)4-10(15)12(9)17-11(18)5-8-6-16-1-2-19-8/h3-4,8,16H,1-2,5-6H2,(H,17,18). The van der Waals surface area contributed by atoms with Crippen molar-refractivity contribution in [1.82, 2.24) is 5.32 Å². The van der Waals surface area contributed by atoms with Gasteiger partial charge in [0, 0.05) is 19.2 Å². The van der Waals surface area contributed by atoms with Gasteiger partial charge in [0.2, 0.25) is 5.91 Å². The third kappa shape index (κ3) is 3.86. The average Bonchev–Trinajstić information content (AvgIpc) is 2.35. The number of ether oxygens (including phenoxy) is 1. The molecule has 1 aliphatic rings. The minimum absolute atomic E-state index is 0.0835. The molecule has 104 valence electrons. The molecule has 1 aromatic rings. The molecule has 1 unspecified atom stereocenters. The molecule has 1 saturated heterocycles. The first-order chi connectivity index (χ1) is 9.06. The van der Waals surface area contributed by atoms with E-state index in [0.29, 0.717) is 19.2 Å². The van der Waals surface area contributed by atoms with Gasteiger partial charge in [0.25, 0.3) is 0 Å². The van der Waals surface area contributed by atoms with Crippen molar-refractivity contribution in [2.75, 3.05) is 25.0 Å². The third-order valence-electron chi connectivity index (χ3n) is 2.69. The van der Waals surface area contributed by atoms with E-state index in [4.69, 9.17) is 16.3 Å². The van der Waals surface area contributed by atoms with Crippen molar-refractivity contribution in [3.8, 4) is 0 Å². The van der Waals surface area contributed by atoms with E-state index < -0.39 is 17.5 Å². The zero-order valence-corrected chi connectivity index (χ0v) is 10.8. The Labute approximate surface area is 114 Å². The predicted molar refractivity (Wildman–Crippen MR) is 67.2 cm³/mol. The lowest BCUT2D eigenvalue weighted by atomic mass is 10.2. The van der Waals surface area contributed by atoms with Crippen molar-refractivity contribution in [2.24, 2.45) is 0 Å². The molecule has 1 aromatic carbocycles. The monoisotopic (exact) mass is 290 g/mol. The quantitative estimate of drug-likeness (QED) is 0.894. The van der Waals surface area contributed by atoms with Crippen molar-refractivity contribution in [3.05, 3.63) is 28.8 Å². The van der Waals surface area contributed by atoms with Crippen molar-refractivity contribution >= 4 is 23.2 Å². The van der Waals surface area contributed by atoms with Crippen molar-refractivity contribution in [1.29, 1.82) is 0 Å². The van der Waals surface area contributed by atoms with Crippen molar-refractivity contribution in [3.63, 3.8) is 0 Å². The summed E-state index contributed by atoms with van der Waals surface area (Å²) in [5.74, 6) is -2.12. The molecule has 7 heteroatoms. The summed E-state index contributed by atoms with van der Waals surface area (Å²) in [5.41, 5.74) is -0.211. The van der Waals surface area contributed by atoms with E-state index in [0.717, 1.165) is 12.6 Å². The minimum Gasteiger partial charge on any atom is -0.375 e. The fraction of sp³-hybridized carbons (Fsp3) is 0.417. The van der Waals surface area contributed by atoms with E-state index in [2.05, 4.69) is 10.6 Å². The van der Waals surface area contributed by atoms with Gasteiger partial charge in [0.15, 0.2) is 5.82 Å². The van der Waals surface area contributed by atoms with Gasteiger partial charge in [-0.2, -0.15) is 0 Å². The smallest absolute Gasteiger partial charge is 0.227 e. The van der Waals surface area contributed by atoms with Crippen LogP contribution < -0.4 is 10.6 Å². The highest BCUT2D eigenvalue weighted by Crippen LogP contribution is 2.26. The first-order valence-corrected chi connectivity index (χ1v) is 6.21. The van der Waals surface area contributed by atoms with Crippen LogP contribution in [0.15, 0.2) is 12.1 Å². The number of rotatable bonds is 3. The Morgan fingerprint density at radius 2 is 2.32 bits per heavy atom. The normalized spacial score (nSPS) is 19.2. The fourth-order valence-electron chi connectivity index (χ4n) is 1.81. The van der Waals surface area contributed by atoms with Gasteiger partial charge in [-0.15, -0.1) is 0 Å². The van der Waals surface area contributed by atoms with E-state index in [1.54, 1.807) is 0 Å². The summed E-state index contributed by atoms with van der Waals surface area (Å²) < 4.78 is 31.7. The summed E-state index contributed by atoms with van der Waals surface area (Å²) >= 11 is 5.68. The number of anilines is 1. The summed E-state index contributed by atoms with van der Waals surface area (Å²) in [7, 11) is 0. The van der Waals surface area contributed by atoms with Gasteiger partial charge in [-0.05, 0) is 6.07 Å². The summed E-state index contributed by atoms with van der Waals surface area (Å²) in [5, 5.41) is 5.24. The van der Waals surface area contributed by atoms with E-state index in [-0.39, 0.29) is 23.2 Å². The summed E-state index contributed by atoms with van der Waals surface area (Å²) in [6, 6.07) is 1.61. The number of benzene rings is 1. The third-order valence-corrected chi connectivity index (χ3v) is 2.99. The summed E-state index contributed by atoms with van der Waals surface area (Å²) in [6.45, 7) is 1.84. The first kappa shape index (κ1) is 14.2. The fourth-order valence-corrected chi connectivity index (χ4v) is 2.05. The molecule has 0 aliphatic carbocycles. The number of carbonyl (C=O) groups is 1. The van der Waals surface area contributed by atoms with Crippen LogP contribution in [-0.2, 0) is 9.53 Å². The Morgan fingerprint density at radius 3 is 2.95 bits per heavy atom. The number of morpholine rings is 1. The van der Waals surface area contributed by atoms with Gasteiger partial charge >= 0.3 is 0 Å². The number of hydrogen-bond donors (Lipinski definition) is 2. The van der Waals surface area contributed by atoms with Crippen molar-refractivity contribution in [2.45, 2.75) is 12.5 Å². The molecule has 0 bridgehead atoms. The number of nitrogens with one attached hydrogen (secondary N) is 2. The molecule has 1 atom stereocenters. The molecule has 4 nitrogen and oxygen atoms in total. The molecule has 1 amide bonds. The van der Waals surface area contributed by atoms with Crippen LogP contribution >= 0.6 is 11.6 Å². The zero-order chi connectivity index (χ0) is 13.8. The summed E-state index contributed by atoms with van der Waals surface area (Å²) in [4.78, 5) is 11.7. The lowest BCUT2D eigenvalue weighted by Crippen LogP contribution is -2.40. The van der Waals surface area contributed by atoms with E-state index in [1.165, 1.54) is 0 Å². The number of carbonyl (C=O) groups excluding carboxylic acids is 1. The zero-order valence-electron chi connectivity index (χ0n) is 10.0. The molecule has 1 fully saturated rings. The molecule has 0 radical (unpaired) electrons. The van der Waals surface area contributed by atoms with Crippen LogP contribution in [0.3, 0.4) is 0 Å². The van der Waals surface area contributed by atoms with Crippen LogP contribution in [-0.4, -0.2) is 31.7 Å². The van der Waals surface area contributed by atoms with Crippen LogP contribution in [0.5, 0.6) is 0 Å². The second-order valence-electron chi connectivity index (χ2n) is 4.19. The number of amides is 1. The van der Waals surface area contributed by atoms with Crippen LogP contribution in [0.4, 0.5) is 14.5 Å². The van der Waals surface area contributed by atoms with Crippen LogP contribution in [0.25, 0.3) is 0 Å². The Balaban J connectivity index is 1.98. The maximum atomic E-state index is 13.5. The number of halogens is 3. The van der Waals surface area contributed by atoms with Crippen LogP contribution in [0, 0.1) is 11.6 Å². The average molecular weight is 291 g/mol. The maximum absolute atomic E-state index is 13.5. The topological polar surface area (TPSA) is 50.4 Å². The van der Waals surface area contributed by atoms with Crippen LogP contribution in [0.1, 0.15) is 6.42 Å². The molecule has 19 heavy (non-hydrogen) atoms. The molecular formula is C12H13ClF2N2O2. The van der Waals surface area contributed by atoms with E-state index >= 15 is 0 Å². The Hall–Kier alpha value is -1.24. The minimum atomic E-state index is -0.902. The molecular weight excluding hydrogens is 278 g/mol. The second kappa shape index (κ2) is 6.27. The SMILES string of the molecule is O=C(CC1CNCCO1)Nc1c(F)cc(F)cc1Cl. The van der Waals surface area contributed by atoms with Gasteiger partial charge in [0.1, 0.15) is 5.82 Å². The lowest BCUT2D eigenvalue weighted by Gasteiger charge is -2.23. The Morgan fingerprint density at radius 1 is 1.53 bits per heavy atom.